The Labute approximate surface area is 116 Å². The molecule has 1 atom stereocenters. The topological polar surface area (TPSA) is 17.1 Å². The van der Waals surface area contributed by atoms with Crippen molar-refractivity contribution < 1.29 is 4.21 Å². The number of halogens is 2. The van der Waals surface area contributed by atoms with Crippen LogP contribution in [-0.4, -0.2) is 4.21 Å². The predicted octanol–water partition coefficient (Wildman–Crippen LogP) is 4.41. The van der Waals surface area contributed by atoms with Gasteiger partial charge >= 0.3 is 0 Å². The van der Waals surface area contributed by atoms with Crippen molar-refractivity contribution in [2.45, 2.75) is 10.6 Å². The molecule has 88 valence electrons. The monoisotopic (exact) mass is 328 g/mol. The van der Waals surface area contributed by atoms with E-state index in [1.54, 1.807) is 0 Å². The molecule has 2 aromatic rings. The highest BCUT2D eigenvalue weighted by Crippen LogP contribution is 2.18. The van der Waals surface area contributed by atoms with E-state index in [4.69, 9.17) is 11.6 Å². The van der Waals surface area contributed by atoms with Crippen LogP contribution in [0.1, 0.15) is 5.56 Å². The molecule has 0 aliphatic heterocycles. The Bertz CT molecular complexity index is 539. The van der Waals surface area contributed by atoms with Crippen molar-refractivity contribution in [2.24, 2.45) is 0 Å². The number of rotatable bonds is 3. The van der Waals surface area contributed by atoms with Crippen molar-refractivity contribution in [3.8, 4) is 0 Å². The average molecular weight is 330 g/mol. The molecule has 2 rings (SSSR count). The van der Waals surface area contributed by atoms with Crippen LogP contribution in [0.2, 0.25) is 5.02 Å². The zero-order chi connectivity index (χ0) is 12.3. The molecule has 0 bridgehead atoms. The van der Waals surface area contributed by atoms with Gasteiger partial charge in [-0.25, -0.2) is 0 Å². The molecule has 1 nitrogen and oxygen atoms in total. The van der Waals surface area contributed by atoms with Crippen LogP contribution in [0.4, 0.5) is 0 Å². The highest BCUT2D eigenvalue weighted by molar-refractivity contribution is 9.10. The molecule has 0 unspecified atom stereocenters. The third kappa shape index (κ3) is 3.66. The highest BCUT2D eigenvalue weighted by Gasteiger charge is 2.05. The number of benzene rings is 2. The second kappa shape index (κ2) is 5.80. The van der Waals surface area contributed by atoms with Crippen LogP contribution in [0.15, 0.2) is 57.9 Å². The molecule has 0 fully saturated rings. The summed E-state index contributed by atoms with van der Waals surface area (Å²) in [5, 5.41) is 0.676. The SMILES string of the molecule is O=[S@](Cc1cccc(Cl)c1)c1ccc(Br)cc1. The predicted molar refractivity (Wildman–Crippen MR) is 75.7 cm³/mol. The smallest absolute Gasteiger partial charge is 0.0574 e. The number of hydrogen-bond donors (Lipinski definition) is 0. The summed E-state index contributed by atoms with van der Waals surface area (Å²) in [6.45, 7) is 0. The van der Waals surface area contributed by atoms with Crippen molar-refractivity contribution in [1.29, 1.82) is 0 Å². The maximum atomic E-state index is 12.1. The maximum Gasteiger partial charge on any atom is 0.0574 e. The van der Waals surface area contributed by atoms with E-state index in [0.717, 1.165) is 14.9 Å². The van der Waals surface area contributed by atoms with Gasteiger partial charge in [0.2, 0.25) is 0 Å². The fourth-order valence-corrected chi connectivity index (χ4v) is 3.01. The minimum atomic E-state index is -1.03. The van der Waals surface area contributed by atoms with Gasteiger partial charge in [-0.05, 0) is 42.0 Å². The third-order valence-electron chi connectivity index (χ3n) is 2.26. The van der Waals surface area contributed by atoms with Gasteiger partial charge in [-0.15, -0.1) is 0 Å². The van der Waals surface area contributed by atoms with Crippen molar-refractivity contribution >= 4 is 38.3 Å². The average Bonchev–Trinajstić information content (AvgIpc) is 2.29. The molecule has 4 heteroatoms. The highest BCUT2D eigenvalue weighted by atomic mass is 79.9. The van der Waals surface area contributed by atoms with Gasteiger partial charge in [0.25, 0.3) is 0 Å². The van der Waals surface area contributed by atoms with Crippen LogP contribution in [0.5, 0.6) is 0 Å². The van der Waals surface area contributed by atoms with E-state index >= 15 is 0 Å². The molecule has 0 amide bonds. The van der Waals surface area contributed by atoms with Crippen LogP contribution < -0.4 is 0 Å². The lowest BCUT2D eigenvalue weighted by Crippen LogP contribution is -1.96. The summed E-state index contributed by atoms with van der Waals surface area (Å²) in [5.41, 5.74) is 0.985. The van der Waals surface area contributed by atoms with Crippen LogP contribution in [0.25, 0.3) is 0 Å². The van der Waals surface area contributed by atoms with Crippen molar-refractivity contribution in [2.75, 3.05) is 0 Å². The third-order valence-corrected chi connectivity index (χ3v) is 4.42. The normalized spacial score (nSPS) is 12.4. The summed E-state index contributed by atoms with van der Waals surface area (Å²) < 4.78 is 13.1. The molecule has 0 aromatic heterocycles. The van der Waals surface area contributed by atoms with Crippen LogP contribution >= 0.6 is 27.5 Å². The summed E-state index contributed by atoms with van der Waals surface area (Å²) in [7, 11) is -1.03. The second-order valence-corrected chi connectivity index (χ2v) is 6.38. The minimum absolute atomic E-state index is 0.488. The van der Waals surface area contributed by atoms with Gasteiger partial charge in [-0.3, -0.25) is 4.21 Å². The molecular formula is C13H10BrClOS. The summed E-state index contributed by atoms with van der Waals surface area (Å²) in [4.78, 5) is 0.827. The first-order valence-electron chi connectivity index (χ1n) is 5.03. The fourth-order valence-electron chi connectivity index (χ4n) is 1.45. The van der Waals surface area contributed by atoms with E-state index in [1.165, 1.54) is 0 Å². The summed E-state index contributed by atoms with van der Waals surface area (Å²) in [6, 6.07) is 15.0. The molecule has 0 saturated carbocycles. The first-order chi connectivity index (χ1) is 8.15. The maximum absolute atomic E-state index is 12.1. The summed E-state index contributed by atoms with van der Waals surface area (Å²) in [5.74, 6) is 0.488. The molecule has 0 saturated heterocycles. The van der Waals surface area contributed by atoms with Gasteiger partial charge in [-0.2, -0.15) is 0 Å². The van der Waals surface area contributed by atoms with Crippen LogP contribution in [0.3, 0.4) is 0 Å². The van der Waals surface area contributed by atoms with E-state index in [1.807, 2.05) is 48.5 Å². The zero-order valence-electron chi connectivity index (χ0n) is 8.90. The molecule has 17 heavy (non-hydrogen) atoms. The van der Waals surface area contributed by atoms with E-state index in [-0.39, 0.29) is 0 Å². The summed E-state index contributed by atoms with van der Waals surface area (Å²) in [6.07, 6.45) is 0. The van der Waals surface area contributed by atoms with Gasteiger partial charge in [0.05, 0.1) is 16.6 Å². The second-order valence-electron chi connectivity index (χ2n) is 3.57. The van der Waals surface area contributed by atoms with Crippen LogP contribution in [-0.2, 0) is 16.6 Å². The molecule has 0 spiro atoms. The Balaban J connectivity index is 2.14. The Hall–Kier alpha value is -0.640. The Morgan fingerprint density at radius 2 is 1.82 bits per heavy atom. The molecule has 0 heterocycles. The molecular weight excluding hydrogens is 320 g/mol. The van der Waals surface area contributed by atoms with E-state index in [0.29, 0.717) is 10.8 Å². The molecule has 0 N–H and O–H groups in total. The lowest BCUT2D eigenvalue weighted by atomic mass is 10.2. The minimum Gasteiger partial charge on any atom is -0.254 e. The van der Waals surface area contributed by atoms with E-state index in [9.17, 15) is 4.21 Å². The Morgan fingerprint density at radius 1 is 1.12 bits per heavy atom. The fraction of sp³-hybridized carbons (Fsp3) is 0.0769. The largest absolute Gasteiger partial charge is 0.254 e. The number of hydrogen-bond acceptors (Lipinski definition) is 1. The van der Waals surface area contributed by atoms with E-state index in [2.05, 4.69) is 15.9 Å². The van der Waals surface area contributed by atoms with Gasteiger partial charge in [0, 0.05) is 14.4 Å². The molecule has 0 aliphatic carbocycles. The zero-order valence-corrected chi connectivity index (χ0v) is 12.1. The quantitative estimate of drug-likeness (QED) is 0.815. The van der Waals surface area contributed by atoms with Crippen molar-refractivity contribution in [3.63, 3.8) is 0 Å². The summed E-state index contributed by atoms with van der Waals surface area (Å²) >= 11 is 9.24. The van der Waals surface area contributed by atoms with Gasteiger partial charge in [0.15, 0.2) is 0 Å². The Morgan fingerprint density at radius 3 is 2.47 bits per heavy atom. The van der Waals surface area contributed by atoms with Crippen LogP contribution in [0, 0.1) is 0 Å². The first kappa shape index (κ1) is 12.8. The first-order valence-corrected chi connectivity index (χ1v) is 7.52. The lowest BCUT2D eigenvalue weighted by molar-refractivity contribution is 0.682. The molecule has 0 radical (unpaired) electrons. The van der Waals surface area contributed by atoms with E-state index < -0.39 is 10.8 Å². The molecule has 2 aromatic carbocycles. The Kier molecular flexibility index (Phi) is 4.37. The van der Waals surface area contributed by atoms with Crippen molar-refractivity contribution in [3.05, 3.63) is 63.6 Å². The lowest BCUT2D eigenvalue weighted by Gasteiger charge is -2.03. The van der Waals surface area contributed by atoms with Crippen molar-refractivity contribution in [1.82, 2.24) is 0 Å². The molecule has 0 aliphatic rings. The van der Waals surface area contributed by atoms with Gasteiger partial charge in [-0.1, -0.05) is 39.7 Å². The standard InChI is InChI=1S/C13H10BrClOS/c14-11-4-6-13(7-5-11)17(16)9-10-2-1-3-12(15)8-10/h1-8H,9H2/t17-/m1/s1. The van der Waals surface area contributed by atoms with Gasteiger partial charge < -0.3 is 0 Å². The van der Waals surface area contributed by atoms with Gasteiger partial charge in [0.1, 0.15) is 0 Å².